The number of thiophene rings is 1. The highest BCUT2D eigenvalue weighted by Crippen LogP contribution is 2.21. The van der Waals surface area contributed by atoms with Gasteiger partial charge in [-0.3, -0.25) is 4.90 Å². The van der Waals surface area contributed by atoms with E-state index in [4.69, 9.17) is 0 Å². The largest absolute Gasteiger partial charge is 0.369 e. The third-order valence-corrected chi connectivity index (χ3v) is 8.12. The lowest BCUT2D eigenvalue weighted by Gasteiger charge is -2.36. The predicted octanol–water partition coefficient (Wildman–Crippen LogP) is 3.11. The summed E-state index contributed by atoms with van der Waals surface area (Å²) < 4.78 is 27.8. The highest BCUT2D eigenvalue weighted by Gasteiger charge is 2.18. The SMILES string of the molecule is CCc1ccc(S(=O)(=O)NCCCN2CCN(c3cccc(C)c3)CC2)s1. The number of benzene rings is 1. The molecule has 0 unspecified atom stereocenters. The van der Waals surface area contributed by atoms with Crippen LogP contribution < -0.4 is 9.62 Å². The lowest BCUT2D eigenvalue weighted by molar-refractivity contribution is 0.255. The second-order valence-electron chi connectivity index (χ2n) is 6.99. The van der Waals surface area contributed by atoms with E-state index in [1.165, 1.54) is 22.6 Å². The predicted molar refractivity (Wildman–Crippen MR) is 113 cm³/mol. The summed E-state index contributed by atoms with van der Waals surface area (Å²) in [6, 6.07) is 12.2. The summed E-state index contributed by atoms with van der Waals surface area (Å²) in [4.78, 5) is 5.94. The Kier molecular flexibility index (Phi) is 6.92. The number of aryl methyl sites for hydroxylation is 2. The van der Waals surface area contributed by atoms with Gasteiger partial charge in [-0.05, 0) is 56.1 Å². The molecule has 0 spiro atoms. The summed E-state index contributed by atoms with van der Waals surface area (Å²) in [5.41, 5.74) is 2.59. The Morgan fingerprint density at radius 2 is 1.89 bits per heavy atom. The van der Waals surface area contributed by atoms with Gasteiger partial charge in [0.25, 0.3) is 0 Å². The van der Waals surface area contributed by atoms with E-state index >= 15 is 0 Å². The van der Waals surface area contributed by atoms with Gasteiger partial charge in [-0.15, -0.1) is 11.3 Å². The van der Waals surface area contributed by atoms with Crippen molar-refractivity contribution in [2.45, 2.75) is 30.9 Å². The first-order valence-electron chi connectivity index (χ1n) is 9.60. The molecule has 1 aromatic carbocycles. The van der Waals surface area contributed by atoms with Gasteiger partial charge in [-0.2, -0.15) is 0 Å². The lowest BCUT2D eigenvalue weighted by atomic mass is 10.2. The summed E-state index contributed by atoms with van der Waals surface area (Å²) in [7, 11) is -3.36. The van der Waals surface area contributed by atoms with Crippen molar-refractivity contribution in [1.82, 2.24) is 9.62 Å². The van der Waals surface area contributed by atoms with Crippen LogP contribution in [0.5, 0.6) is 0 Å². The molecule has 1 aromatic heterocycles. The van der Waals surface area contributed by atoms with Crippen LogP contribution in [0.2, 0.25) is 0 Å². The van der Waals surface area contributed by atoms with Crippen LogP contribution in [0.3, 0.4) is 0 Å². The molecule has 0 amide bonds. The van der Waals surface area contributed by atoms with Crippen molar-refractivity contribution in [1.29, 1.82) is 0 Å². The fraction of sp³-hybridized carbons (Fsp3) is 0.500. The summed E-state index contributed by atoms with van der Waals surface area (Å²) >= 11 is 1.36. The average Bonchev–Trinajstić information content (AvgIpc) is 3.16. The topological polar surface area (TPSA) is 52.7 Å². The zero-order valence-electron chi connectivity index (χ0n) is 16.1. The van der Waals surface area contributed by atoms with E-state index in [1.54, 1.807) is 6.07 Å². The third-order valence-electron chi connectivity index (χ3n) is 4.93. The molecular weight excluding hydrogens is 378 g/mol. The molecule has 5 nitrogen and oxygen atoms in total. The van der Waals surface area contributed by atoms with Gasteiger partial charge in [-0.1, -0.05) is 19.1 Å². The molecule has 0 aliphatic carbocycles. The molecule has 2 heterocycles. The third kappa shape index (κ3) is 5.54. The maximum atomic E-state index is 12.3. The Morgan fingerprint density at radius 1 is 1.11 bits per heavy atom. The zero-order valence-corrected chi connectivity index (χ0v) is 17.8. The van der Waals surface area contributed by atoms with Crippen LogP contribution in [-0.4, -0.2) is 52.6 Å². The molecule has 2 aromatic rings. The van der Waals surface area contributed by atoms with Crippen LogP contribution in [0.1, 0.15) is 23.8 Å². The number of nitrogens with zero attached hydrogens (tertiary/aromatic N) is 2. The van der Waals surface area contributed by atoms with Gasteiger partial charge in [0.2, 0.25) is 10.0 Å². The summed E-state index contributed by atoms with van der Waals surface area (Å²) in [5.74, 6) is 0. The smallest absolute Gasteiger partial charge is 0.250 e. The van der Waals surface area contributed by atoms with E-state index in [0.717, 1.165) is 50.4 Å². The van der Waals surface area contributed by atoms with E-state index in [9.17, 15) is 8.42 Å². The number of nitrogens with one attached hydrogen (secondary N) is 1. The second kappa shape index (κ2) is 9.19. The number of hydrogen-bond acceptors (Lipinski definition) is 5. The highest BCUT2D eigenvalue weighted by atomic mass is 32.2. The van der Waals surface area contributed by atoms with Crippen LogP contribution in [-0.2, 0) is 16.4 Å². The van der Waals surface area contributed by atoms with Crippen molar-refractivity contribution in [2.24, 2.45) is 0 Å². The minimum Gasteiger partial charge on any atom is -0.369 e. The first-order valence-corrected chi connectivity index (χ1v) is 11.9. The maximum Gasteiger partial charge on any atom is 0.250 e. The van der Waals surface area contributed by atoms with Gasteiger partial charge in [0.05, 0.1) is 0 Å². The standard InChI is InChI=1S/C20H29N3O2S2/c1-3-19-8-9-20(26-19)27(24,25)21-10-5-11-22-12-14-23(15-13-22)18-7-4-6-17(2)16-18/h4,6-9,16,21H,3,5,10-15H2,1-2H3. The van der Waals surface area contributed by atoms with Crippen molar-refractivity contribution in [2.75, 3.05) is 44.2 Å². The molecule has 1 aliphatic heterocycles. The molecule has 148 valence electrons. The lowest BCUT2D eigenvalue weighted by Crippen LogP contribution is -2.47. The molecule has 7 heteroatoms. The highest BCUT2D eigenvalue weighted by molar-refractivity contribution is 7.91. The number of hydrogen-bond donors (Lipinski definition) is 1. The van der Waals surface area contributed by atoms with Crippen molar-refractivity contribution >= 4 is 27.0 Å². The molecule has 3 rings (SSSR count). The molecule has 0 saturated carbocycles. The molecule has 1 saturated heterocycles. The molecule has 1 fully saturated rings. The summed E-state index contributed by atoms with van der Waals surface area (Å²) in [6.07, 6.45) is 1.70. The van der Waals surface area contributed by atoms with Gasteiger partial charge < -0.3 is 4.90 Å². The Bertz CT molecular complexity index is 840. The first-order chi connectivity index (χ1) is 13.0. The molecule has 0 bridgehead atoms. The number of piperazine rings is 1. The fourth-order valence-electron chi connectivity index (χ4n) is 3.33. The Morgan fingerprint density at radius 3 is 2.56 bits per heavy atom. The zero-order chi connectivity index (χ0) is 19.3. The van der Waals surface area contributed by atoms with Crippen molar-refractivity contribution in [3.8, 4) is 0 Å². The minimum atomic E-state index is -3.36. The molecule has 1 aliphatic rings. The van der Waals surface area contributed by atoms with E-state index in [0.29, 0.717) is 10.8 Å². The van der Waals surface area contributed by atoms with Crippen LogP contribution in [0.4, 0.5) is 5.69 Å². The fourth-order valence-corrected chi connectivity index (χ4v) is 5.74. The number of rotatable bonds is 8. The number of sulfonamides is 1. The van der Waals surface area contributed by atoms with Crippen LogP contribution >= 0.6 is 11.3 Å². The van der Waals surface area contributed by atoms with Crippen LogP contribution in [0, 0.1) is 6.92 Å². The van der Waals surface area contributed by atoms with E-state index in [2.05, 4.69) is 45.7 Å². The monoisotopic (exact) mass is 407 g/mol. The van der Waals surface area contributed by atoms with Crippen molar-refractivity contribution in [3.63, 3.8) is 0 Å². The Labute approximate surface area is 167 Å². The number of anilines is 1. The molecule has 0 atom stereocenters. The average molecular weight is 408 g/mol. The Balaban J connectivity index is 1.39. The van der Waals surface area contributed by atoms with Gasteiger partial charge >= 0.3 is 0 Å². The van der Waals surface area contributed by atoms with E-state index < -0.39 is 10.0 Å². The molecule has 1 N–H and O–H groups in total. The van der Waals surface area contributed by atoms with Crippen molar-refractivity contribution in [3.05, 3.63) is 46.8 Å². The van der Waals surface area contributed by atoms with Crippen molar-refractivity contribution < 1.29 is 8.42 Å². The normalized spacial score (nSPS) is 16.0. The van der Waals surface area contributed by atoms with Crippen LogP contribution in [0.25, 0.3) is 0 Å². The Hall–Kier alpha value is -1.41. The van der Waals surface area contributed by atoms with Gasteiger partial charge in [0.15, 0.2) is 0 Å². The van der Waals surface area contributed by atoms with Gasteiger partial charge in [0, 0.05) is 43.3 Å². The second-order valence-corrected chi connectivity index (χ2v) is 10.2. The molecule has 27 heavy (non-hydrogen) atoms. The van der Waals surface area contributed by atoms with E-state index in [-0.39, 0.29) is 0 Å². The minimum absolute atomic E-state index is 0.422. The first kappa shape index (κ1) is 20.3. The van der Waals surface area contributed by atoms with E-state index in [1.807, 2.05) is 13.0 Å². The van der Waals surface area contributed by atoms with Crippen LogP contribution in [0.15, 0.2) is 40.6 Å². The maximum absolute atomic E-state index is 12.3. The quantitative estimate of drug-likeness (QED) is 0.683. The summed E-state index contributed by atoms with van der Waals surface area (Å²) in [6.45, 7) is 9.65. The van der Waals surface area contributed by atoms with Gasteiger partial charge in [0.1, 0.15) is 4.21 Å². The molecular formula is C20H29N3O2S2. The molecule has 0 radical (unpaired) electrons. The summed E-state index contributed by atoms with van der Waals surface area (Å²) in [5, 5.41) is 0. The van der Waals surface area contributed by atoms with Gasteiger partial charge in [-0.25, -0.2) is 13.1 Å².